The predicted molar refractivity (Wildman–Crippen MR) is 107 cm³/mol. The molecular weight excluding hydrogens is 376 g/mol. The van der Waals surface area contributed by atoms with Gasteiger partial charge in [0.1, 0.15) is 0 Å². The topological polar surface area (TPSA) is 17.1 Å². The second-order valence-corrected chi connectivity index (χ2v) is 13.6. The van der Waals surface area contributed by atoms with Gasteiger partial charge in [0, 0.05) is 21.9 Å². The second kappa shape index (κ2) is 6.81. The van der Waals surface area contributed by atoms with Crippen LogP contribution in [-0.4, -0.2) is 13.9 Å². The molecule has 1 aliphatic rings. The molecular formula is C21H23BrOSi. The van der Waals surface area contributed by atoms with E-state index < -0.39 is 8.07 Å². The first kappa shape index (κ1) is 17.4. The molecule has 0 amide bonds. The first-order valence-electron chi connectivity index (χ1n) is 8.41. The minimum Gasteiger partial charge on any atom is -0.294 e. The molecule has 0 spiro atoms. The Balaban J connectivity index is 1.88. The highest BCUT2D eigenvalue weighted by Gasteiger charge is 2.53. The van der Waals surface area contributed by atoms with E-state index in [0.29, 0.717) is 11.8 Å². The van der Waals surface area contributed by atoms with E-state index >= 15 is 0 Å². The standard InChI is InChI=1S/C21H23BrOSi/c1-24(2,3)14-13-18-19(15-9-11-17(22)12-10-15)20(18)21(23)16-7-5-4-6-8-16/h4-14,18-20H,1-3H3/b14-13+/t18-,19-,20-/m0/s1. The smallest absolute Gasteiger partial charge is 0.167 e. The molecule has 124 valence electrons. The number of carbonyl (C=O) groups is 1. The Hall–Kier alpha value is -1.45. The Morgan fingerprint density at radius 2 is 1.62 bits per heavy atom. The van der Waals surface area contributed by atoms with Crippen LogP contribution in [0.3, 0.4) is 0 Å². The van der Waals surface area contributed by atoms with Crippen LogP contribution in [0.1, 0.15) is 21.8 Å². The zero-order valence-corrected chi connectivity index (χ0v) is 17.0. The van der Waals surface area contributed by atoms with Crippen molar-refractivity contribution in [3.05, 3.63) is 82.0 Å². The highest BCUT2D eigenvalue weighted by atomic mass is 79.9. The van der Waals surface area contributed by atoms with Crippen molar-refractivity contribution < 1.29 is 4.79 Å². The number of halogens is 1. The van der Waals surface area contributed by atoms with Crippen LogP contribution in [0, 0.1) is 11.8 Å². The van der Waals surface area contributed by atoms with Crippen LogP contribution < -0.4 is 0 Å². The Morgan fingerprint density at radius 1 is 1.00 bits per heavy atom. The van der Waals surface area contributed by atoms with E-state index in [9.17, 15) is 4.79 Å². The largest absolute Gasteiger partial charge is 0.294 e. The van der Waals surface area contributed by atoms with Crippen molar-refractivity contribution in [2.75, 3.05) is 0 Å². The normalized spacial score (nSPS) is 23.4. The number of Topliss-reactive ketones (excluding diaryl/α,β-unsaturated/α-hetero) is 1. The molecule has 0 heterocycles. The lowest BCUT2D eigenvalue weighted by molar-refractivity contribution is 0.0961. The minimum absolute atomic E-state index is 0.0705. The number of ketones is 1. The summed E-state index contributed by atoms with van der Waals surface area (Å²) in [5.41, 5.74) is 4.47. The highest BCUT2D eigenvalue weighted by Crippen LogP contribution is 2.56. The van der Waals surface area contributed by atoms with Crippen molar-refractivity contribution in [2.45, 2.75) is 25.6 Å². The van der Waals surface area contributed by atoms with E-state index in [1.807, 2.05) is 30.3 Å². The van der Waals surface area contributed by atoms with Crippen molar-refractivity contribution >= 4 is 29.8 Å². The maximum absolute atomic E-state index is 13.0. The van der Waals surface area contributed by atoms with E-state index in [1.165, 1.54) is 5.56 Å². The molecule has 24 heavy (non-hydrogen) atoms. The summed E-state index contributed by atoms with van der Waals surface area (Å²) in [4.78, 5) is 13.0. The molecule has 2 aromatic carbocycles. The van der Waals surface area contributed by atoms with Gasteiger partial charge in [0.25, 0.3) is 0 Å². The van der Waals surface area contributed by atoms with Gasteiger partial charge in [0.15, 0.2) is 5.78 Å². The van der Waals surface area contributed by atoms with E-state index in [2.05, 4.69) is 71.6 Å². The number of hydrogen-bond acceptors (Lipinski definition) is 1. The first-order valence-corrected chi connectivity index (χ1v) is 12.8. The summed E-state index contributed by atoms with van der Waals surface area (Å²) in [5.74, 6) is 0.971. The summed E-state index contributed by atoms with van der Waals surface area (Å²) in [6, 6.07) is 18.1. The van der Waals surface area contributed by atoms with Crippen LogP contribution in [0.4, 0.5) is 0 Å². The van der Waals surface area contributed by atoms with Gasteiger partial charge < -0.3 is 0 Å². The summed E-state index contributed by atoms with van der Waals surface area (Å²) < 4.78 is 1.08. The third kappa shape index (κ3) is 3.96. The third-order valence-corrected chi connectivity index (χ3v) is 6.23. The first-order chi connectivity index (χ1) is 11.4. The van der Waals surface area contributed by atoms with Gasteiger partial charge >= 0.3 is 0 Å². The van der Waals surface area contributed by atoms with Crippen LogP contribution in [0.25, 0.3) is 0 Å². The summed E-state index contributed by atoms with van der Waals surface area (Å²) >= 11 is 3.49. The molecule has 1 aliphatic carbocycles. The summed E-state index contributed by atoms with van der Waals surface area (Å²) in [6.07, 6.45) is 2.31. The molecule has 1 fully saturated rings. The van der Waals surface area contributed by atoms with Crippen LogP contribution in [0.5, 0.6) is 0 Å². The Morgan fingerprint density at radius 3 is 2.21 bits per heavy atom. The molecule has 0 aliphatic heterocycles. The van der Waals surface area contributed by atoms with Crippen molar-refractivity contribution in [2.24, 2.45) is 11.8 Å². The zero-order chi connectivity index (χ0) is 17.3. The second-order valence-electron chi connectivity index (χ2n) is 7.64. The maximum Gasteiger partial charge on any atom is 0.167 e. The summed E-state index contributed by atoms with van der Waals surface area (Å²) in [5, 5.41) is 0. The molecule has 2 aromatic rings. The fourth-order valence-electron chi connectivity index (χ4n) is 3.22. The zero-order valence-electron chi connectivity index (χ0n) is 14.4. The van der Waals surface area contributed by atoms with Crippen molar-refractivity contribution in [3.8, 4) is 0 Å². The van der Waals surface area contributed by atoms with E-state index in [1.54, 1.807) is 0 Å². The molecule has 3 atom stereocenters. The van der Waals surface area contributed by atoms with Crippen LogP contribution in [0.15, 0.2) is 70.8 Å². The van der Waals surface area contributed by atoms with Gasteiger partial charge in [-0.25, -0.2) is 0 Å². The van der Waals surface area contributed by atoms with Gasteiger partial charge in [0.2, 0.25) is 0 Å². The molecule has 0 N–H and O–H groups in total. The van der Waals surface area contributed by atoms with Crippen molar-refractivity contribution in [1.29, 1.82) is 0 Å². The summed E-state index contributed by atoms with van der Waals surface area (Å²) in [7, 11) is -1.26. The van der Waals surface area contributed by atoms with Crippen LogP contribution in [0.2, 0.25) is 19.6 Å². The third-order valence-electron chi connectivity index (χ3n) is 4.51. The van der Waals surface area contributed by atoms with E-state index in [-0.39, 0.29) is 11.7 Å². The number of hydrogen-bond donors (Lipinski definition) is 0. The molecule has 0 aromatic heterocycles. The monoisotopic (exact) mass is 398 g/mol. The lowest BCUT2D eigenvalue weighted by Gasteiger charge is -2.07. The van der Waals surface area contributed by atoms with Gasteiger partial charge in [0.05, 0.1) is 8.07 Å². The highest BCUT2D eigenvalue weighted by molar-refractivity contribution is 9.10. The van der Waals surface area contributed by atoms with Crippen molar-refractivity contribution in [3.63, 3.8) is 0 Å². The minimum atomic E-state index is -1.26. The molecule has 0 bridgehead atoms. The molecule has 3 rings (SSSR count). The Bertz CT molecular complexity index is 744. The van der Waals surface area contributed by atoms with E-state index in [0.717, 1.165) is 10.0 Å². The van der Waals surface area contributed by atoms with Gasteiger partial charge in [-0.15, -0.1) is 0 Å². The lowest BCUT2D eigenvalue weighted by Crippen LogP contribution is -2.15. The molecule has 0 saturated heterocycles. The summed E-state index contributed by atoms with van der Waals surface area (Å²) in [6.45, 7) is 6.98. The van der Waals surface area contributed by atoms with Gasteiger partial charge in [-0.05, 0) is 23.6 Å². The number of benzene rings is 2. The Labute approximate surface area is 153 Å². The predicted octanol–water partition coefficient (Wildman–Crippen LogP) is 6.10. The Kier molecular flexibility index (Phi) is 4.93. The SMILES string of the molecule is C[Si](C)(C)/C=C/[C@@H]1[C@H](C(=O)c2ccccc2)[C@H]1c1ccc(Br)cc1. The number of allylic oxidation sites excluding steroid dienone is 1. The quantitative estimate of drug-likeness (QED) is 0.439. The lowest BCUT2D eigenvalue weighted by atomic mass is 10.0. The molecule has 1 saturated carbocycles. The fraction of sp³-hybridized carbons (Fsp3) is 0.286. The molecule has 0 unspecified atom stereocenters. The van der Waals surface area contributed by atoms with Crippen molar-refractivity contribution in [1.82, 2.24) is 0 Å². The van der Waals surface area contributed by atoms with Crippen LogP contribution in [-0.2, 0) is 0 Å². The molecule has 1 nitrogen and oxygen atoms in total. The van der Waals surface area contributed by atoms with Gasteiger partial charge in [-0.1, -0.05) is 89.8 Å². The van der Waals surface area contributed by atoms with Crippen LogP contribution >= 0.6 is 15.9 Å². The molecule has 0 radical (unpaired) electrons. The average molecular weight is 399 g/mol. The average Bonchev–Trinajstić information content (AvgIpc) is 3.27. The van der Waals surface area contributed by atoms with Gasteiger partial charge in [-0.3, -0.25) is 4.79 Å². The maximum atomic E-state index is 13.0. The number of rotatable bonds is 5. The van der Waals surface area contributed by atoms with E-state index in [4.69, 9.17) is 0 Å². The van der Waals surface area contributed by atoms with Gasteiger partial charge in [-0.2, -0.15) is 0 Å². The fourth-order valence-corrected chi connectivity index (χ4v) is 4.28. The number of carbonyl (C=O) groups excluding carboxylic acids is 1. The molecule has 3 heteroatoms.